The number of hydrogen-bond acceptors (Lipinski definition) is 5. The number of amides is 1. The van der Waals surface area contributed by atoms with Crippen LogP contribution in [0.4, 0.5) is 5.00 Å². The summed E-state index contributed by atoms with van der Waals surface area (Å²) in [6.07, 6.45) is 9.70. The number of allylic oxidation sites excluding steroid dienone is 2. The smallest absolute Gasteiger partial charge is 0.229 e. The Bertz CT molecular complexity index is 804. The molecule has 0 spiro atoms. The van der Waals surface area contributed by atoms with Gasteiger partial charge in [0.05, 0.1) is 11.5 Å². The molecule has 4 rings (SSSR count). The van der Waals surface area contributed by atoms with Crippen molar-refractivity contribution in [2.24, 2.45) is 23.7 Å². The Morgan fingerprint density at radius 3 is 2.60 bits per heavy atom. The van der Waals surface area contributed by atoms with Gasteiger partial charge in [0.2, 0.25) is 5.91 Å². The highest BCUT2D eigenvalue weighted by atomic mass is 32.1. The van der Waals surface area contributed by atoms with Crippen LogP contribution in [0.2, 0.25) is 0 Å². The zero-order chi connectivity index (χ0) is 17.6. The first-order chi connectivity index (χ1) is 12.1. The second kappa shape index (κ2) is 6.30. The van der Waals surface area contributed by atoms with E-state index in [-0.39, 0.29) is 17.7 Å². The highest BCUT2D eigenvalue weighted by Gasteiger charge is 2.48. The van der Waals surface area contributed by atoms with Crippen LogP contribution in [0, 0.1) is 35.0 Å². The van der Waals surface area contributed by atoms with Gasteiger partial charge in [-0.3, -0.25) is 4.79 Å². The van der Waals surface area contributed by atoms with Gasteiger partial charge >= 0.3 is 0 Å². The molecule has 25 heavy (non-hydrogen) atoms. The summed E-state index contributed by atoms with van der Waals surface area (Å²) >= 11 is 1.48. The van der Waals surface area contributed by atoms with Gasteiger partial charge in [-0.25, -0.2) is 0 Å². The minimum atomic E-state index is -1.15. The van der Waals surface area contributed by atoms with Crippen LogP contribution in [0.25, 0.3) is 0 Å². The minimum absolute atomic E-state index is 0.0452. The van der Waals surface area contributed by atoms with Crippen LogP contribution in [0.5, 0.6) is 0 Å². The number of rotatable bonds is 3. The number of anilines is 1. The largest absolute Gasteiger partial charge is 0.550 e. The molecule has 6 heteroatoms. The number of aryl methyl sites for hydroxylation is 1. The summed E-state index contributed by atoms with van der Waals surface area (Å²) in [5.41, 5.74) is 1.64. The molecule has 1 saturated carbocycles. The number of carboxylic acids is 1. The van der Waals surface area contributed by atoms with E-state index in [4.69, 9.17) is 0 Å². The molecule has 0 unspecified atom stereocenters. The molecule has 3 aliphatic carbocycles. The molecular formula is C19H19N2O3S-. The summed E-state index contributed by atoms with van der Waals surface area (Å²) < 4.78 is 0. The van der Waals surface area contributed by atoms with Crippen molar-refractivity contribution in [2.45, 2.75) is 38.5 Å². The lowest BCUT2D eigenvalue weighted by molar-refractivity contribution is -0.313. The van der Waals surface area contributed by atoms with Crippen molar-refractivity contribution in [2.75, 3.05) is 5.32 Å². The lowest BCUT2D eigenvalue weighted by atomic mass is 9.82. The average molecular weight is 355 g/mol. The summed E-state index contributed by atoms with van der Waals surface area (Å²) in [5.74, 6) is -2.97. The van der Waals surface area contributed by atoms with E-state index in [0.717, 1.165) is 31.2 Å². The highest BCUT2D eigenvalue weighted by Crippen LogP contribution is 2.48. The Hall–Kier alpha value is -2.13. The first-order valence-electron chi connectivity index (χ1n) is 8.85. The topological polar surface area (TPSA) is 93.0 Å². The maximum atomic E-state index is 12.8. The maximum absolute atomic E-state index is 12.8. The van der Waals surface area contributed by atoms with Gasteiger partial charge in [-0.05, 0) is 49.5 Å². The van der Waals surface area contributed by atoms with Crippen molar-refractivity contribution in [1.29, 1.82) is 5.26 Å². The molecule has 4 atom stereocenters. The van der Waals surface area contributed by atoms with Crippen LogP contribution in [-0.2, 0) is 22.4 Å². The normalized spacial score (nSPS) is 29.7. The first-order valence-corrected chi connectivity index (χ1v) is 9.66. The number of carbonyl (C=O) groups is 2. The molecule has 1 heterocycles. The van der Waals surface area contributed by atoms with Crippen molar-refractivity contribution in [3.05, 3.63) is 28.2 Å². The zero-order valence-corrected chi connectivity index (χ0v) is 14.6. The Balaban J connectivity index is 1.60. The Morgan fingerprint density at radius 1 is 1.16 bits per heavy atom. The lowest BCUT2D eigenvalue weighted by Crippen LogP contribution is -2.42. The molecule has 1 fully saturated rings. The van der Waals surface area contributed by atoms with Gasteiger partial charge in [-0.2, -0.15) is 5.26 Å². The van der Waals surface area contributed by atoms with Crippen LogP contribution in [0.3, 0.4) is 0 Å². The maximum Gasteiger partial charge on any atom is 0.229 e. The fourth-order valence-corrected chi connectivity index (χ4v) is 5.89. The van der Waals surface area contributed by atoms with Crippen LogP contribution in [-0.4, -0.2) is 11.9 Å². The van der Waals surface area contributed by atoms with Crippen molar-refractivity contribution < 1.29 is 14.7 Å². The predicted octanol–water partition coefficient (Wildman–Crippen LogP) is 2.02. The minimum Gasteiger partial charge on any atom is -0.550 e. The molecule has 5 nitrogen and oxygen atoms in total. The number of nitrogens with one attached hydrogen (secondary N) is 1. The van der Waals surface area contributed by atoms with E-state index in [1.807, 2.05) is 12.2 Å². The second-order valence-electron chi connectivity index (χ2n) is 7.19. The summed E-state index contributed by atoms with van der Waals surface area (Å²) in [4.78, 5) is 25.5. The number of thiophene rings is 1. The van der Waals surface area contributed by atoms with Gasteiger partial charge < -0.3 is 15.2 Å². The fourth-order valence-electron chi connectivity index (χ4n) is 4.65. The number of nitrogens with zero attached hydrogens (tertiary/aromatic N) is 1. The number of hydrogen-bond donors (Lipinski definition) is 1. The van der Waals surface area contributed by atoms with Gasteiger partial charge in [0.1, 0.15) is 11.1 Å². The zero-order valence-electron chi connectivity index (χ0n) is 13.8. The predicted molar refractivity (Wildman–Crippen MR) is 91.6 cm³/mol. The quantitative estimate of drug-likeness (QED) is 0.663. The van der Waals surface area contributed by atoms with Crippen LogP contribution < -0.4 is 10.4 Å². The summed E-state index contributed by atoms with van der Waals surface area (Å²) in [6.45, 7) is 0. The Kier molecular flexibility index (Phi) is 4.12. The van der Waals surface area contributed by atoms with Crippen molar-refractivity contribution in [3.63, 3.8) is 0 Å². The molecule has 1 aromatic rings. The third kappa shape index (κ3) is 2.67. The molecule has 1 N–H and O–H groups in total. The molecule has 0 saturated heterocycles. The molecular weight excluding hydrogens is 336 g/mol. The first kappa shape index (κ1) is 16.3. The van der Waals surface area contributed by atoms with Gasteiger partial charge in [0, 0.05) is 16.8 Å². The van der Waals surface area contributed by atoms with Crippen LogP contribution >= 0.6 is 11.3 Å². The molecule has 0 aromatic carbocycles. The van der Waals surface area contributed by atoms with Gasteiger partial charge in [0.15, 0.2) is 0 Å². The van der Waals surface area contributed by atoms with E-state index in [1.54, 1.807) is 0 Å². The van der Waals surface area contributed by atoms with Gasteiger partial charge in [0.25, 0.3) is 0 Å². The second-order valence-corrected chi connectivity index (χ2v) is 8.29. The number of aliphatic carboxylic acids is 1. The SMILES string of the molecule is N#Cc1c(NC(=O)[C@H]2[C@@H](C(=O)[O-])[C@H]3C=C[C@H]2C3)sc2c1CCCCC2. The summed E-state index contributed by atoms with van der Waals surface area (Å²) in [5, 5.41) is 24.5. The van der Waals surface area contributed by atoms with Crippen molar-refractivity contribution in [3.8, 4) is 6.07 Å². The number of fused-ring (bicyclic) bond motifs is 3. The summed E-state index contributed by atoms with van der Waals surface area (Å²) in [6, 6.07) is 2.25. The van der Waals surface area contributed by atoms with Crippen molar-refractivity contribution >= 4 is 28.2 Å². The monoisotopic (exact) mass is 355 g/mol. The molecule has 0 radical (unpaired) electrons. The fraction of sp³-hybridized carbons (Fsp3) is 0.526. The molecule has 130 valence electrons. The molecule has 2 bridgehead atoms. The van der Waals surface area contributed by atoms with E-state index >= 15 is 0 Å². The van der Waals surface area contributed by atoms with E-state index in [2.05, 4.69) is 11.4 Å². The number of carbonyl (C=O) groups excluding carboxylic acids is 2. The van der Waals surface area contributed by atoms with Crippen LogP contribution in [0.1, 0.15) is 41.7 Å². The molecule has 1 aromatic heterocycles. The number of nitriles is 1. The van der Waals surface area contributed by atoms with E-state index in [1.165, 1.54) is 22.6 Å². The van der Waals surface area contributed by atoms with Gasteiger partial charge in [-0.15, -0.1) is 11.3 Å². The lowest BCUT2D eigenvalue weighted by Gasteiger charge is -2.27. The van der Waals surface area contributed by atoms with Gasteiger partial charge in [-0.1, -0.05) is 18.6 Å². The third-order valence-electron chi connectivity index (χ3n) is 5.80. The molecule has 3 aliphatic rings. The van der Waals surface area contributed by atoms with Crippen LogP contribution in [0.15, 0.2) is 12.2 Å². The number of carboxylic acid groups (broad SMARTS) is 1. The van der Waals surface area contributed by atoms with E-state index in [9.17, 15) is 20.0 Å². The molecule has 0 aliphatic heterocycles. The van der Waals surface area contributed by atoms with Crippen molar-refractivity contribution in [1.82, 2.24) is 0 Å². The molecule has 1 amide bonds. The third-order valence-corrected chi connectivity index (χ3v) is 7.01. The summed E-state index contributed by atoms with van der Waals surface area (Å²) in [7, 11) is 0. The Labute approximate surface area is 150 Å². The standard InChI is InChI=1S/C19H20N2O3S/c20-9-13-12-4-2-1-3-5-14(12)25-18(13)21-17(22)15-10-6-7-11(8-10)16(15)19(23)24/h6-7,10-11,15-16H,1-5,8H2,(H,21,22)(H,23,24)/p-1/t10-,11-,15+,16-/m0/s1. The van der Waals surface area contributed by atoms with E-state index < -0.39 is 17.8 Å². The highest BCUT2D eigenvalue weighted by molar-refractivity contribution is 7.16. The van der Waals surface area contributed by atoms with E-state index in [0.29, 0.717) is 17.0 Å². The Morgan fingerprint density at radius 2 is 1.88 bits per heavy atom. The average Bonchev–Trinajstić information content (AvgIpc) is 3.23.